The molecule has 0 fully saturated rings. The molecule has 8 heteroatoms. The van der Waals surface area contributed by atoms with Crippen molar-refractivity contribution in [1.29, 1.82) is 0 Å². The van der Waals surface area contributed by atoms with Crippen LogP contribution >= 0.6 is 0 Å². The van der Waals surface area contributed by atoms with E-state index in [-0.39, 0.29) is 18.9 Å². The summed E-state index contributed by atoms with van der Waals surface area (Å²) >= 11 is 0. The molecular weight excluding hydrogens is 510 g/mol. The van der Waals surface area contributed by atoms with Gasteiger partial charge in [0, 0.05) is 43.5 Å². The predicted octanol–water partition coefficient (Wildman–Crippen LogP) is 5.35. The van der Waals surface area contributed by atoms with E-state index in [0.29, 0.717) is 23.4 Å². The summed E-state index contributed by atoms with van der Waals surface area (Å²) in [7, 11) is 0. The van der Waals surface area contributed by atoms with Crippen LogP contribution in [0.25, 0.3) is 0 Å². The van der Waals surface area contributed by atoms with E-state index in [9.17, 15) is 18.7 Å². The molecule has 3 rings (SSSR count). The van der Waals surface area contributed by atoms with Crippen molar-refractivity contribution in [1.82, 2.24) is 15.6 Å². The van der Waals surface area contributed by atoms with Gasteiger partial charge >= 0.3 is 0 Å². The minimum Gasteiger partial charge on any atom is -0.390 e. The largest absolute Gasteiger partial charge is 0.390 e. The molecule has 0 radical (unpaired) electrons. The van der Waals surface area contributed by atoms with E-state index in [4.69, 9.17) is 0 Å². The normalized spacial score (nSPS) is 12.7. The molecule has 40 heavy (non-hydrogen) atoms. The fraction of sp³-hybridized carbons (Fsp3) is 0.438. The predicted molar refractivity (Wildman–Crippen MR) is 157 cm³/mol. The quantitative estimate of drug-likeness (QED) is 0.237. The van der Waals surface area contributed by atoms with Gasteiger partial charge in [0.25, 0.3) is 5.91 Å². The number of anilines is 1. The molecule has 3 aromatic rings. The van der Waals surface area contributed by atoms with Gasteiger partial charge in [0.15, 0.2) is 0 Å². The van der Waals surface area contributed by atoms with Crippen LogP contribution in [0.15, 0.2) is 54.6 Å². The Labute approximate surface area is 236 Å². The number of aryl methyl sites for hydroxylation is 2. The molecule has 3 N–H and O–H groups in total. The molecule has 0 aliphatic carbocycles. The average molecular weight is 553 g/mol. The smallest absolute Gasteiger partial charge is 0.251 e. The second-order valence-corrected chi connectivity index (χ2v) is 10.3. The topological polar surface area (TPSA) is 77.5 Å². The minimum absolute atomic E-state index is 0.0588. The van der Waals surface area contributed by atoms with Crippen molar-refractivity contribution in [3.8, 4) is 0 Å². The number of carbonyl (C=O) groups is 1. The highest BCUT2D eigenvalue weighted by molar-refractivity contribution is 5.95. The first-order valence-corrected chi connectivity index (χ1v) is 14.2. The maximum Gasteiger partial charge on any atom is 0.251 e. The van der Waals surface area contributed by atoms with Crippen molar-refractivity contribution >= 4 is 11.7 Å². The second kappa shape index (κ2) is 15.4. The minimum atomic E-state index is -1.01. The molecular formula is C32H42F2N4O2. The van der Waals surface area contributed by atoms with Gasteiger partial charge < -0.3 is 20.6 Å². The summed E-state index contributed by atoms with van der Waals surface area (Å²) in [5, 5.41) is 17.3. The first-order chi connectivity index (χ1) is 19.2. The van der Waals surface area contributed by atoms with Crippen LogP contribution in [0, 0.1) is 18.6 Å². The highest BCUT2D eigenvalue weighted by Crippen LogP contribution is 2.18. The zero-order valence-electron chi connectivity index (χ0n) is 24.0. The maximum atomic E-state index is 13.9. The Hall–Kier alpha value is -3.36. The molecule has 6 nitrogen and oxygen atoms in total. The van der Waals surface area contributed by atoms with Crippen LogP contribution in [0.2, 0.25) is 0 Å². The summed E-state index contributed by atoms with van der Waals surface area (Å²) in [6.45, 7) is 10.5. The van der Waals surface area contributed by atoms with Gasteiger partial charge in [0.1, 0.15) is 17.5 Å². The molecule has 1 amide bonds. The lowest BCUT2D eigenvalue weighted by Gasteiger charge is -2.26. The van der Waals surface area contributed by atoms with Crippen LogP contribution in [0.5, 0.6) is 0 Å². The summed E-state index contributed by atoms with van der Waals surface area (Å²) in [6.07, 6.45) is 1.88. The van der Waals surface area contributed by atoms with Gasteiger partial charge in [-0.3, -0.25) is 4.79 Å². The number of nitrogens with one attached hydrogen (secondary N) is 2. The van der Waals surface area contributed by atoms with Gasteiger partial charge in [-0.2, -0.15) is 0 Å². The first kappa shape index (κ1) is 31.2. The van der Waals surface area contributed by atoms with Crippen LogP contribution in [0.1, 0.15) is 66.4 Å². The molecule has 0 spiro atoms. The average Bonchev–Trinajstić information content (AvgIpc) is 2.91. The Morgan fingerprint density at radius 3 is 2.27 bits per heavy atom. The molecule has 0 unspecified atom stereocenters. The number of hydrogen-bond acceptors (Lipinski definition) is 5. The number of aliphatic hydroxyl groups excluding tert-OH is 1. The summed E-state index contributed by atoms with van der Waals surface area (Å²) in [5.41, 5.74) is 3.79. The molecule has 2 aromatic carbocycles. The number of pyridine rings is 1. The monoisotopic (exact) mass is 552 g/mol. The Bertz CT molecular complexity index is 1230. The Morgan fingerprint density at radius 2 is 1.62 bits per heavy atom. The first-order valence-electron chi connectivity index (χ1n) is 14.2. The third kappa shape index (κ3) is 9.38. The van der Waals surface area contributed by atoms with Crippen molar-refractivity contribution in [3.05, 3.63) is 94.2 Å². The van der Waals surface area contributed by atoms with E-state index < -0.39 is 23.8 Å². The van der Waals surface area contributed by atoms with E-state index in [0.717, 1.165) is 49.8 Å². The third-order valence-corrected chi connectivity index (χ3v) is 6.75. The summed E-state index contributed by atoms with van der Waals surface area (Å²) in [5.74, 6) is -1.06. The molecule has 0 saturated heterocycles. The Morgan fingerprint density at radius 1 is 0.950 bits per heavy atom. The fourth-order valence-corrected chi connectivity index (χ4v) is 4.81. The number of carbonyl (C=O) groups excluding carboxylic acids is 1. The molecule has 0 aliphatic heterocycles. The van der Waals surface area contributed by atoms with Gasteiger partial charge in [0.05, 0.1) is 12.1 Å². The molecule has 216 valence electrons. The fourth-order valence-electron chi connectivity index (χ4n) is 4.81. The van der Waals surface area contributed by atoms with Gasteiger partial charge in [-0.1, -0.05) is 45.0 Å². The maximum absolute atomic E-state index is 13.9. The number of aliphatic hydroxyl groups is 1. The highest BCUT2D eigenvalue weighted by Gasteiger charge is 2.24. The molecule has 2 atom stereocenters. The van der Waals surface area contributed by atoms with E-state index in [1.807, 2.05) is 19.1 Å². The van der Waals surface area contributed by atoms with Crippen molar-refractivity contribution in [2.45, 2.75) is 72.1 Å². The van der Waals surface area contributed by atoms with Crippen LogP contribution in [0.3, 0.4) is 0 Å². The number of hydrogen-bond donors (Lipinski definition) is 3. The number of aromatic nitrogens is 1. The SMILES string of the molecule is CCCN(CCC)c1cc(C(=O)N[C@@H](Cc2cc(F)cc(F)c2)[C@@H](O)CNCc2cccc(CC)c2)cc(C)n1. The summed E-state index contributed by atoms with van der Waals surface area (Å²) < 4.78 is 27.9. The Balaban J connectivity index is 1.79. The van der Waals surface area contributed by atoms with E-state index in [1.165, 1.54) is 17.7 Å². The number of amides is 1. The molecule has 1 heterocycles. The second-order valence-electron chi connectivity index (χ2n) is 10.3. The van der Waals surface area contributed by atoms with Crippen molar-refractivity contribution in [2.24, 2.45) is 0 Å². The molecule has 1 aromatic heterocycles. The van der Waals surface area contributed by atoms with Crippen molar-refractivity contribution < 1.29 is 18.7 Å². The molecule has 0 aliphatic rings. The number of halogens is 2. The Kier molecular flexibility index (Phi) is 12.0. The van der Waals surface area contributed by atoms with Gasteiger partial charge in [0.2, 0.25) is 0 Å². The van der Waals surface area contributed by atoms with Crippen LogP contribution in [-0.2, 0) is 19.4 Å². The standard InChI is InChI=1S/C32H42F2N4O2/c1-5-11-38(12-6-2)31-18-26(13-22(4)36-31)32(40)37-29(17-25-15-27(33)19-28(34)16-25)30(39)21-35-20-24-10-8-9-23(7-3)14-24/h8-10,13-16,18-19,29-30,35,39H,5-7,11-12,17,20-21H2,1-4H3,(H,37,40)/t29-,30-/m0/s1. The summed E-state index contributed by atoms with van der Waals surface area (Å²) in [6, 6.07) is 14.1. The molecule has 0 bridgehead atoms. The van der Waals surface area contributed by atoms with Gasteiger partial charge in [-0.05, 0) is 73.6 Å². The van der Waals surface area contributed by atoms with Crippen LogP contribution in [-0.4, -0.2) is 47.8 Å². The van der Waals surface area contributed by atoms with E-state index in [1.54, 1.807) is 12.1 Å². The zero-order chi connectivity index (χ0) is 29.1. The third-order valence-electron chi connectivity index (χ3n) is 6.75. The van der Waals surface area contributed by atoms with Crippen LogP contribution < -0.4 is 15.5 Å². The summed E-state index contributed by atoms with van der Waals surface area (Å²) in [4.78, 5) is 20.3. The lowest BCUT2D eigenvalue weighted by atomic mass is 10.00. The van der Waals surface area contributed by atoms with E-state index >= 15 is 0 Å². The van der Waals surface area contributed by atoms with E-state index in [2.05, 4.69) is 53.4 Å². The van der Waals surface area contributed by atoms with Crippen LogP contribution in [0.4, 0.5) is 14.6 Å². The van der Waals surface area contributed by atoms with Gasteiger partial charge in [-0.15, -0.1) is 0 Å². The molecule has 0 saturated carbocycles. The lowest BCUT2D eigenvalue weighted by molar-refractivity contribution is 0.0829. The number of rotatable bonds is 15. The van der Waals surface area contributed by atoms with Gasteiger partial charge in [-0.25, -0.2) is 13.8 Å². The zero-order valence-corrected chi connectivity index (χ0v) is 24.0. The number of benzene rings is 2. The van der Waals surface area contributed by atoms with Crippen molar-refractivity contribution in [3.63, 3.8) is 0 Å². The van der Waals surface area contributed by atoms with Crippen molar-refractivity contribution in [2.75, 3.05) is 24.5 Å². The number of nitrogens with zero attached hydrogens (tertiary/aromatic N) is 2. The highest BCUT2D eigenvalue weighted by atomic mass is 19.1. The lowest BCUT2D eigenvalue weighted by Crippen LogP contribution is -2.48.